The molecule has 0 heterocycles. The zero-order valence-corrected chi connectivity index (χ0v) is 10.6. The Balaban J connectivity index is 2.54. The van der Waals surface area contributed by atoms with Crippen molar-refractivity contribution in [1.29, 1.82) is 0 Å². The molecule has 0 bridgehead atoms. The summed E-state index contributed by atoms with van der Waals surface area (Å²) in [7, 11) is 1.50. The van der Waals surface area contributed by atoms with Crippen molar-refractivity contribution >= 4 is 17.7 Å². The number of aliphatic carboxylic acids is 1. The SMILES string of the molecule is COc1cccc(NC(=O)NCC(C)(O)C(=O)O)c1. The molecule has 4 N–H and O–H groups in total. The number of ether oxygens (including phenoxy) is 1. The van der Waals surface area contributed by atoms with Crippen molar-refractivity contribution in [2.24, 2.45) is 0 Å². The second-order valence-electron chi connectivity index (χ2n) is 4.12. The van der Waals surface area contributed by atoms with Gasteiger partial charge in [0, 0.05) is 11.8 Å². The van der Waals surface area contributed by atoms with Crippen LogP contribution in [0.1, 0.15) is 6.92 Å². The Morgan fingerprint density at radius 1 is 1.42 bits per heavy atom. The second-order valence-corrected chi connectivity index (χ2v) is 4.12. The van der Waals surface area contributed by atoms with Crippen LogP contribution in [0.25, 0.3) is 0 Å². The molecule has 104 valence electrons. The number of methoxy groups -OCH3 is 1. The largest absolute Gasteiger partial charge is 0.497 e. The third kappa shape index (κ3) is 4.47. The molecule has 1 atom stereocenters. The minimum Gasteiger partial charge on any atom is -0.497 e. The third-order valence-electron chi connectivity index (χ3n) is 2.38. The van der Waals surface area contributed by atoms with E-state index in [-0.39, 0.29) is 0 Å². The van der Waals surface area contributed by atoms with Crippen LogP contribution in [0, 0.1) is 0 Å². The third-order valence-corrected chi connectivity index (χ3v) is 2.38. The van der Waals surface area contributed by atoms with E-state index < -0.39 is 24.1 Å². The van der Waals surface area contributed by atoms with Crippen LogP contribution in [0.2, 0.25) is 0 Å². The molecule has 0 aliphatic rings. The first-order valence-corrected chi connectivity index (χ1v) is 5.50. The molecule has 1 aromatic rings. The molecule has 0 aliphatic heterocycles. The van der Waals surface area contributed by atoms with Gasteiger partial charge in [0.25, 0.3) is 0 Å². The zero-order chi connectivity index (χ0) is 14.5. The molecule has 0 spiro atoms. The fourth-order valence-electron chi connectivity index (χ4n) is 1.20. The minimum atomic E-state index is -2.01. The van der Waals surface area contributed by atoms with E-state index in [1.165, 1.54) is 7.11 Å². The fraction of sp³-hybridized carbons (Fsp3) is 0.333. The summed E-state index contributed by atoms with van der Waals surface area (Å²) in [4.78, 5) is 22.2. The van der Waals surface area contributed by atoms with Crippen molar-refractivity contribution in [3.8, 4) is 5.75 Å². The van der Waals surface area contributed by atoms with E-state index in [9.17, 15) is 14.7 Å². The van der Waals surface area contributed by atoms with E-state index >= 15 is 0 Å². The normalized spacial score (nSPS) is 13.2. The number of hydrogen-bond donors (Lipinski definition) is 4. The summed E-state index contributed by atoms with van der Waals surface area (Å²) in [5.41, 5.74) is -1.52. The number of urea groups is 1. The average molecular weight is 268 g/mol. The molecule has 1 aromatic carbocycles. The number of carbonyl (C=O) groups is 2. The fourth-order valence-corrected chi connectivity index (χ4v) is 1.20. The number of nitrogens with one attached hydrogen (secondary N) is 2. The molecular formula is C12H16N2O5. The van der Waals surface area contributed by atoms with Gasteiger partial charge in [-0.2, -0.15) is 0 Å². The van der Waals surface area contributed by atoms with Crippen molar-refractivity contribution in [1.82, 2.24) is 5.32 Å². The van der Waals surface area contributed by atoms with Crippen LogP contribution in [0.15, 0.2) is 24.3 Å². The van der Waals surface area contributed by atoms with Crippen LogP contribution in [0.4, 0.5) is 10.5 Å². The monoisotopic (exact) mass is 268 g/mol. The van der Waals surface area contributed by atoms with Crippen LogP contribution in [0.3, 0.4) is 0 Å². The van der Waals surface area contributed by atoms with Gasteiger partial charge in [-0.05, 0) is 19.1 Å². The Morgan fingerprint density at radius 2 is 2.11 bits per heavy atom. The molecule has 0 radical (unpaired) electrons. The number of aliphatic hydroxyl groups is 1. The smallest absolute Gasteiger partial charge is 0.337 e. The highest BCUT2D eigenvalue weighted by molar-refractivity contribution is 5.90. The van der Waals surface area contributed by atoms with Gasteiger partial charge in [-0.1, -0.05) is 6.07 Å². The molecule has 0 saturated carbocycles. The van der Waals surface area contributed by atoms with Crippen LogP contribution in [0.5, 0.6) is 5.75 Å². The Kier molecular flexibility index (Phi) is 4.71. The zero-order valence-electron chi connectivity index (χ0n) is 10.6. The summed E-state index contributed by atoms with van der Waals surface area (Å²) in [6.45, 7) is 0.694. The summed E-state index contributed by atoms with van der Waals surface area (Å²) >= 11 is 0. The lowest BCUT2D eigenvalue weighted by Gasteiger charge is -2.18. The molecule has 1 rings (SSSR count). The number of carbonyl (C=O) groups excluding carboxylic acids is 1. The number of rotatable bonds is 5. The molecule has 0 aromatic heterocycles. The van der Waals surface area contributed by atoms with Crippen molar-refractivity contribution in [3.05, 3.63) is 24.3 Å². The van der Waals surface area contributed by atoms with Crippen molar-refractivity contribution in [3.63, 3.8) is 0 Å². The van der Waals surface area contributed by atoms with E-state index in [0.29, 0.717) is 11.4 Å². The van der Waals surface area contributed by atoms with E-state index in [1.807, 2.05) is 0 Å². The standard InChI is InChI=1S/C12H16N2O5/c1-12(18,10(15)16)7-13-11(17)14-8-4-3-5-9(6-8)19-2/h3-6,18H,7H2,1-2H3,(H,15,16)(H2,13,14,17). The molecular weight excluding hydrogens is 252 g/mol. The van der Waals surface area contributed by atoms with Crippen molar-refractivity contribution < 1.29 is 24.5 Å². The minimum absolute atomic E-state index is 0.405. The first-order valence-electron chi connectivity index (χ1n) is 5.50. The lowest BCUT2D eigenvalue weighted by Crippen LogP contribution is -2.47. The summed E-state index contributed by atoms with van der Waals surface area (Å²) in [5.74, 6) is -0.829. The first-order chi connectivity index (χ1) is 8.85. The topological polar surface area (TPSA) is 108 Å². The van der Waals surface area contributed by atoms with Crippen molar-refractivity contribution in [2.75, 3.05) is 19.0 Å². The van der Waals surface area contributed by atoms with Crippen molar-refractivity contribution in [2.45, 2.75) is 12.5 Å². The lowest BCUT2D eigenvalue weighted by atomic mass is 10.1. The van der Waals surface area contributed by atoms with Gasteiger partial charge in [0.05, 0.1) is 13.7 Å². The summed E-state index contributed by atoms with van der Waals surface area (Å²) in [5, 5.41) is 22.9. The van der Waals surface area contributed by atoms with E-state index in [2.05, 4.69) is 10.6 Å². The van der Waals surface area contributed by atoms with Gasteiger partial charge < -0.3 is 25.6 Å². The Hall–Kier alpha value is -2.28. The predicted octanol–water partition coefficient (Wildman–Crippen LogP) is 0.652. The Labute approximate surface area is 110 Å². The highest BCUT2D eigenvalue weighted by atomic mass is 16.5. The van der Waals surface area contributed by atoms with Gasteiger partial charge in [-0.25, -0.2) is 9.59 Å². The molecule has 0 aliphatic carbocycles. The van der Waals surface area contributed by atoms with Crippen LogP contribution in [-0.2, 0) is 4.79 Å². The second kappa shape index (κ2) is 6.05. The van der Waals surface area contributed by atoms with Gasteiger partial charge in [0.15, 0.2) is 5.60 Å². The molecule has 0 fully saturated rings. The highest BCUT2D eigenvalue weighted by Crippen LogP contribution is 2.16. The number of hydrogen-bond acceptors (Lipinski definition) is 4. The maximum Gasteiger partial charge on any atom is 0.337 e. The molecule has 0 saturated heterocycles. The van der Waals surface area contributed by atoms with Gasteiger partial charge in [-0.15, -0.1) is 0 Å². The van der Waals surface area contributed by atoms with Gasteiger partial charge >= 0.3 is 12.0 Å². The summed E-state index contributed by atoms with van der Waals surface area (Å²) < 4.78 is 4.99. The molecule has 19 heavy (non-hydrogen) atoms. The molecule has 7 nitrogen and oxygen atoms in total. The van der Waals surface area contributed by atoms with Gasteiger partial charge in [0.1, 0.15) is 5.75 Å². The lowest BCUT2D eigenvalue weighted by molar-refractivity contribution is -0.155. The van der Waals surface area contributed by atoms with Crippen LogP contribution in [-0.4, -0.2) is 41.5 Å². The number of anilines is 1. The van der Waals surface area contributed by atoms with E-state index in [4.69, 9.17) is 9.84 Å². The number of carboxylic acid groups (broad SMARTS) is 1. The maximum absolute atomic E-state index is 11.5. The molecule has 7 heteroatoms. The number of amides is 2. The Bertz CT molecular complexity index is 473. The van der Waals surface area contributed by atoms with Crippen LogP contribution < -0.4 is 15.4 Å². The van der Waals surface area contributed by atoms with Gasteiger partial charge in [0.2, 0.25) is 0 Å². The Morgan fingerprint density at radius 3 is 2.68 bits per heavy atom. The van der Waals surface area contributed by atoms with E-state index in [1.54, 1.807) is 24.3 Å². The van der Waals surface area contributed by atoms with Crippen LogP contribution >= 0.6 is 0 Å². The summed E-state index contributed by atoms with van der Waals surface area (Å²) in [6.07, 6.45) is 0. The quantitative estimate of drug-likeness (QED) is 0.627. The first kappa shape index (κ1) is 14.8. The highest BCUT2D eigenvalue weighted by Gasteiger charge is 2.30. The number of benzene rings is 1. The summed E-state index contributed by atoms with van der Waals surface area (Å²) in [6, 6.07) is 6.06. The number of carboxylic acids is 1. The predicted molar refractivity (Wildman–Crippen MR) is 68.3 cm³/mol. The molecule has 2 amide bonds. The van der Waals surface area contributed by atoms with E-state index in [0.717, 1.165) is 6.92 Å². The maximum atomic E-state index is 11.5. The molecule has 1 unspecified atom stereocenters. The average Bonchev–Trinajstić information content (AvgIpc) is 2.36. The van der Waals surface area contributed by atoms with Gasteiger partial charge in [-0.3, -0.25) is 0 Å².